The number of nitrogens with one attached hydrogen (secondary N) is 1. The van der Waals surface area contributed by atoms with Gasteiger partial charge in [-0.1, -0.05) is 5.21 Å². The van der Waals surface area contributed by atoms with Gasteiger partial charge in [-0.15, -0.1) is 32.9 Å². The molecule has 3 aromatic heterocycles. The van der Waals surface area contributed by atoms with Gasteiger partial charge in [0.1, 0.15) is 5.41 Å². The Balaban J connectivity index is 2.00. The van der Waals surface area contributed by atoms with Crippen LogP contribution in [0.15, 0.2) is 12.1 Å². The minimum atomic E-state index is -0.756. The quantitative estimate of drug-likeness (QED) is 0.597. The summed E-state index contributed by atoms with van der Waals surface area (Å²) in [5.74, 6) is 0.434. The molecule has 1 aliphatic rings. The molecule has 4 rings (SSSR count). The Morgan fingerprint density at radius 1 is 1.03 bits per heavy atom. The second kappa shape index (κ2) is 8.13. The molecule has 3 heterocycles. The van der Waals surface area contributed by atoms with Gasteiger partial charge in [-0.05, 0) is 49.1 Å². The lowest BCUT2D eigenvalue weighted by molar-refractivity contribution is 0.0825. The number of aromatic nitrogens is 4. The molecule has 0 saturated heterocycles. The van der Waals surface area contributed by atoms with Gasteiger partial charge in [0, 0.05) is 37.9 Å². The third-order valence-corrected chi connectivity index (χ3v) is 8.19. The number of amides is 2. The van der Waals surface area contributed by atoms with Crippen LogP contribution in [0.1, 0.15) is 52.5 Å². The maximum Gasteiger partial charge on any atom is 0.263 e. The van der Waals surface area contributed by atoms with E-state index in [0.717, 1.165) is 33.7 Å². The molecule has 0 aliphatic heterocycles. The molecule has 0 bridgehead atoms. The molecule has 164 valence electrons. The number of H-pyrrole nitrogens is 1. The number of carbonyl (C=O) groups is 2. The average molecular weight is 460 g/mol. The first-order chi connectivity index (χ1) is 14.8. The number of rotatable bonds is 5. The average Bonchev–Trinajstić information content (AvgIpc) is 3.48. The van der Waals surface area contributed by atoms with E-state index in [2.05, 4.69) is 20.6 Å². The van der Waals surface area contributed by atoms with Gasteiger partial charge in [-0.25, -0.2) is 0 Å². The third kappa shape index (κ3) is 3.46. The van der Waals surface area contributed by atoms with E-state index in [1.807, 2.05) is 12.1 Å². The second-order valence-corrected chi connectivity index (χ2v) is 10.1. The summed E-state index contributed by atoms with van der Waals surface area (Å²) in [6.45, 7) is 0.386. The van der Waals surface area contributed by atoms with Crippen LogP contribution in [0.5, 0.6) is 0 Å². The summed E-state index contributed by atoms with van der Waals surface area (Å²) in [5.41, 5.74) is 7.55. The first-order valence-electron chi connectivity index (χ1n) is 9.93. The predicted octanol–water partition coefficient (Wildman–Crippen LogP) is 1.51. The number of hydrogen-bond donors (Lipinski definition) is 2. The van der Waals surface area contributed by atoms with E-state index in [4.69, 9.17) is 5.73 Å². The number of tetrazole rings is 1. The summed E-state index contributed by atoms with van der Waals surface area (Å²) < 4.78 is 0. The summed E-state index contributed by atoms with van der Waals surface area (Å²) in [7, 11) is 6.98. The van der Waals surface area contributed by atoms with Gasteiger partial charge in [-0.3, -0.25) is 9.59 Å². The van der Waals surface area contributed by atoms with Gasteiger partial charge in [0.05, 0.1) is 9.75 Å². The van der Waals surface area contributed by atoms with E-state index < -0.39 is 5.41 Å². The first kappa shape index (κ1) is 21.6. The molecule has 0 unspecified atom stereocenters. The van der Waals surface area contributed by atoms with Crippen molar-refractivity contribution in [1.82, 2.24) is 30.4 Å². The normalized spacial score (nSPS) is 14.5. The van der Waals surface area contributed by atoms with E-state index in [-0.39, 0.29) is 11.8 Å². The Bertz CT molecular complexity index is 1050. The highest BCUT2D eigenvalue weighted by Gasteiger charge is 2.47. The minimum Gasteiger partial charge on any atom is -0.344 e. The minimum absolute atomic E-state index is 0.0392. The highest BCUT2D eigenvalue weighted by Crippen LogP contribution is 2.51. The Morgan fingerprint density at radius 2 is 1.55 bits per heavy atom. The molecule has 0 atom stereocenters. The number of hydrogen-bond acceptors (Lipinski definition) is 8. The van der Waals surface area contributed by atoms with Crippen molar-refractivity contribution in [3.05, 3.63) is 48.6 Å². The lowest BCUT2D eigenvalue weighted by atomic mass is 9.78. The van der Waals surface area contributed by atoms with Crippen LogP contribution >= 0.6 is 22.7 Å². The van der Waals surface area contributed by atoms with Crippen molar-refractivity contribution >= 4 is 34.5 Å². The molecule has 31 heavy (non-hydrogen) atoms. The molecule has 1 aliphatic carbocycles. The molecule has 0 saturated carbocycles. The summed E-state index contributed by atoms with van der Waals surface area (Å²) in [6, 6.07) is 3.96. The molecule has 0 fully saturated rings. The van der Waals surface area contributed by atoms with Gasteiger partial charge in [0.2, 0.25) is 0 Å². The van der Waals surface area contributed by atoms with Crippen LogP contribution in [0, 0.1) is 0 Å². The van der Waals surface area contributed by atoms with Crippen LogP contribution in [-0.2, 0) is 18.3 Å². The molecule has 0 spiro atoms. The van der Waals surface area contributed by atoms with Crippen molar-refractivity contribution in [2.45, 2.75) is 24.7 Å². The molecule has 3 N–H and O–H groups in total. The molecule has 0 aromatic carbocycles. The summed E-state index contributed by atoms with van der Waals surface area (Å²) in [4.78, 5) is 32.0. The van der Waals surface area contributed by atoms with Gasteiger partial charge in [0.25, 0.3) is 11.8 Å². The van der Waals surface area contributed by atoms with E-state index >= 15 is 0 Å². The van der Waals surface area contributed by atoms with Crippen molar-refractivity contribution in [2.24, 2.45) is 5.73 Å². The molecular weight excluding hydrogens is 434 g/mol. The lowest BCUT2D eigenvalue weighted by Gasteiger charge is -2.29. The zero-order chi connectivity index (χ0) is 22.3. The van der Waals surface area contributed by atoms with Crippen LogP contribution < -0.4 is 5.73 Å². The van der Waals surface area contributed by atoms with E-state index in [9.17, 15) is 9.59 Å². The molecule has 0 radical (unpaired) electrons. The molecule has 2 amide bonds. The molecular formula is C20H25N7O2S2. The topological polar surface area (TPSA) is 121 Å². The summed E-state index contributed by atoms with van der Waals surface area (Å²) in [6.07, 6.45) is 2.06. The highest BCUT2D eigenvalue weighted by molar-refractivity contribution is 7.16. The maximum absolute atomic E-state index is 12.7. The zero-order valence-corrected chi connectivity index (χ0v) is 19.6. The Labute approximate surface area is 188 Å². The summed E-state index contributed by atoms with van der Waals surface area (Å²) >= 11 is 2.92. The standard InChI is InChI=1S/C20H25N7O2S2/c1-26(2)17(28)13-9-11-5-6-12-10-14(18(29)27(3)4)31-16(12)20(7-8-21,15(11)30-13)19-22-24-25-23-19/h9-10H,5-8,21H2,1-4H3,(H,22,23,24,25). The van der Waals surface area contributed by atoms with E-state index in [1.165, 1.54) is 22.7 Å². The van der Waals surface area contributed by atoms with Crippen molar-refractivity contribution in [2.75, 3.05) is 34.7 Å². The highest BCUT2D eigenvalue weighted by atomic mass is 32.1. The van der Waals surface area contributed by atoms with Crippen LogP contribution in [0.4, 0.5) is 0 Å². The van der Waals surface area contributed by atoms with Gasteiger partial charge >= 0.3 is 0 Å². The number of aromatic amines is 1. The predicted molar refractivity (Wildman–Crippen MR) is 120 cm³/mol. The second-order valence-electron chi connectivity index (χ2n) is 8.01. The number of nitrogens with two attached hydrogens (primary N) is 1. The number of aryl methyl sites for hydroxylation is 2. The van der Waals surface area contributed by atoms with Crippen molar-refractivity contribution in [3.63, 3.8) is 0 Å². The van der Waals surface area contributed by atoms with Crippen LogP contribution in [0.3, 0.4) is 0 Å². The maximum atomic E-state index is 12.7. The van der Waals surface area contributed by atoms with Crippen LogP contribution in [0.25, 0.3) is 0 Å². The molecule has 9 nitrogen and oxygen atoms in total. The zero-order valence-electron chi connectivity index (χ0n) is 17.9. The fraction of sp³-hybridized carbons (Fsp3) is 0.450. The van der Waals surface area contributed by atoms with Crippen LogP contribution in [-0.4, -0.2) is 77.0 Å². The third-order valence-electron chi connectivity index (χ3n) is 5.54. The SMILES string of the molecule is CN(C)C(=O)c1cc2c(s1)C(CCN)(c1nn[nH]n1)c1sc(C(=O)N(C)C)cc1CC2. The first-order valence-corrected chi connectivity index (χ1v) is 11.6. The fourth-order valence-corrected chi connectivity index (χ4v) is 7.05. The van der Waals surface area contributed by atoms with Gasteiger partial charge in [0.15, 0.2) is 5.82 Å². The van der Waals surface area contributed by atoms with Crippen molar-refractivity contribution < 1.29 is 9.59 Å². The van der Waals surface area contributed by atoms with Crippen molar-refractivity contribution in [3.8, 4) is 0 Å². The van der Waals surface area contributed by atoms with Crippen LogP contribution in [0.2, 0.25) is 0 Å². The Hall–Kier alpha value is -2.63. The molecule has 3 aromatic rings. The largest absolute Gasteiger partial charge is 0.344 e. The smallest absolute Gasteiger partial charge is 0.263 e. The fourth-order valence-electron chi connectivity index (χ4n) is 4.08. The summed E-state index contributed by atoms with van der Waals surface area (Å²) in [5, 5.41) is 15.1. The Kier molecular flexibility index (Phi) is 5.67. The number of carbonyl (C=O) groups excluding carboxylic acids is 2. The number of fused-ring (bicyclic) bond motifs is 2. The number of nitrogens with zero attached hydrogens (tertiary/aromatic N) is 5. The monoisotopic (exact) mass is 459 g/mol. The van der Waals surface area contributed by atoms with E-state index in [0.29, 0.717) is 28.5 Å². The molecule has 11 heteroatoms. The number of thiophene rings is 2. The lowest BCUT2D eigenvalue weighted by Crippen LogP contribution is -2.33. The Morgan fingerprint density at radius 3 is 1.94 bits per heavy atom. The van der Waals surface area contributed by atoms with Gasteiger partial charge in [-0.2, -0.15) is 5.21 Å². The van der Waals surface area contributed by atoms with E-state index in [1.54, 1.807) is 38.0 Å². The van der Waals surface area contributed by atoms with Gasteiger partial charge < -0.3 is 15.5 Å². The van der Waals surface area contributed by atoms with Crippen molar-refractivity contribution in [1.29, 1.82) is 0 Å².